The summed E-state index contributed by atoms with van der Waals surface area (Å²) in [5.41, 5.74) is 11.5. The van der Waals surface area contributed by atoms with Gasteiger partial charge in [0, 0.05) is 11.1 Å². The summed E-state index contributed by atoms with van der Waals surface area (Å²) in [5, 5.41) is 7.48. The number of rotatable bonds is 5. The van der Waals surface area contributed by atoms with E-state index < -0.39 is 0 Å². The second-order valence-electron chi connectivity index (χ2n) is 12.4. The Morgan fingerprint density at radius 2 is 0.688 bits per heavy atom. The van der Waals surface area contributed by atoms with Crippen LogP contribution >= 0.6 is 0 Å². The standard InChI is InChI=1S/C47H31N/c1-4-12-32(13-5-1)44-28-35-18-10-11-19-36(35)29-45(44)40-23-25-43-39(27-40)21-20-38-26-37(22-24-42(38)43)41-30-46(33-14-6-2-7-15-33)48-47(31-41)34-16-8-3-9-17-34/h1-31H. The van der Waals surface area contributed by atoms with Gasteiger partial charge in [-0.3, -0.25) is 0 Å². The van der Waals surface area contributed by atoms with E-state index in [-0.39, 0.29) is 0 Å². The van der Waals surface area contributed by atoms with Gasteiger partial charge < -0.3 is 0 Å². The van der Waals surface area contributed by atoms with Crippen LogP contribution in [-0.2, 0) is 0 Å². The normalized spacial score (nSPS) is 11.3. The van der Waals surface area contributed by atoms with Crippen molar-refractivity contribution in [3.63, 3.8) is 0 Å². The zero-order valence-corrected chi connectivity index (χ0v) is 26.3. The Balaban J connectivity index is 1.15. The fourth-order valence-electron chi connectivity index (χ4n) is 6.96. The van der Waals surface area contributed by atoms with E-state index in [4.69, 9.17) is 4.98 Å². The van der Waals surface area contributed by atoms with Crippen molar-refractivity contribution >= 4 is 32.3 Å². The van der Waals surface area contributed by atoms with E-state index in [0.29, 0.717) is 0 Å². The molecule has 0 spiro atoms. The number of aromatic nitrogens is 1. The van der Waals surface area contributed by atoms with E-state index >= 15 is 0 Å². The molecule has 8 aromatic carbocycles. The quantitative estimate of drug-likeness (QED) is 0.177. The number of fused-ring (bicyclic) bond motifs is 4. The zero-order chi connectivity index (χ0) is 31.9. The Morgan fingerprint density at radius 3 is 1.23 bits per heavy atom. The third kappa shape index (κ3) is 5.12. The average Bonchev–Trinajstić information content (AvgIpc) is 3.17. The Hall–Kier alpha value is -6.31. The summed E-state index contributed by atoms with van der Waals surface area (Å²) >= 11 is 0. The van der Waals surface area contributed by atoms with E-state index in [1.54, 1.807) is 0 Å². The molecule has 0 saturated heterocycles. The van der Waals surface area contributed by atoms with Crippen LogP contribution in [0.1, 0.15) is 0 Å². The molecule has 9 rings (SSSR count). The molecule has 9 aromatic rings. The smallest absolute Gasteiger partial charge is 0.0715 e. The molecule has 1 aromatic heterocycles. The van der Waals surface area contributed by atoms with Crippen molar-refractivity contribution in [2.45, 2.75) is 0 Å². The van der Waals surface area contributed by atoms with Gasteiger partial charge in [-0.25, -0.2) is 4.98 Å². The van der Waals surface area contributed by atoms with E-state index in [0.717, 1.165) is 28.1 Å². The average molecular weight is 610 g/mol. The minimum absolute atomic E-state index is 0.974. The molecule has 48 heavy (non-hydrogen) atoms. The van der Waals surface area contributed by atoms with Gasteiger partial charge in [0.15, 0.2) is 0 Å². The highest BCUT2D eigenvalue weighted by Crippen LogP contribution is 2.39. The minimum Gasteiger partial charge on any atom is -0.248 e. The van der Waals surface area contributed by atoms with Crippen LogP contribution < -0.4 is 0 Å². The van der Waals surface area contributed by atoms with Crippen LogP contribution in [0, 0.1) is 0 Å². The molecule has 0 radical (unpaired) electrons. The fourth-order valence-corrected chi connectivity index (χ4v) is 6.96. The van der Waals surface area contributed by atoms with Crippen LogP contribution in [0.15, 0.2) is 188 Å². The summed E-state index contributed by atoms with van der Waals surface area (Å²) in [7, 11) is 0. The number of pyridine rings is 1. The highest BCUT2D eigenvalue weighted by atomic mass is 14.7. The molecule has 0 bridgehead atoms. The molecule has 0 unspecified atom stereocenters. The monoisotopic (exact) mass is 609 g/mol. The zero-order valence-electron chi connectivity index (χ0n) is 26.3. The van der Waals surface area contributed by atoms with Crippen LogP contribution in [0.4, 0.5) is 0 Å². The molecule has 0 N–H and O–H groups in total. The van der Waals surface area contributed by atoms with Crippen molar-refractivity contribution in [1.29, 1.82) is 0 Å². The lowest BCUT2D eigenvalue weighted by Gasteiger charge is -2.14. The van der Waals surface area contributed by atoms with E-state index in [2.05, 4.69) is 176 Å². The first-order chi connectivity index (χ1) is 23.8. The number of hydrogen-bond donors (Lipinski definition) is 0. The first-order valence-corrected chi connectivity index (χ1v) is 16.5. The van der Waals surface area contributed by atoms with Gasteiger partial charge in [-0.1, -0.05) is 152 Å². The topological polar surface area (TPSA) is 12.9 Å². The first kappa shape index (κ1) is 28.0. The Kier molecular flexibility index (Phi) is 6.87. The van der Waals surface area contributed by atoms with Gasteiger partial charge in [-0.05, 0) is 102 Å². The molecule has 1 heteroatoms. The van der Waals surface area contributed by atoms with Crippen LogP contribution in [0.2, 0.25) is 0 Å². The SMILES string of the molecule is c1ccc(-c2cc(-c3ccc4c(ccc5cc(-c6cc7ccccc7cc6-c6ccccc6)ccc54)c3)cc(-c3ccccc3)n2)cc1. The molecule has 1 heterocycles. The van der Waals surface area contributed by atoms with Crippen molar-refractivity contribution in [2.24, 2.45) is 0 Å². The Morgan fingerprint density at radius 1 is 0.250 bits per heavy atom. The molecule has 224 valence electrons. The summed E-state index contributed by atoms with van der Waals surface area (Å²) in [5.74, 6) is 0. The van der Waals surface area contributed by atoms with Crippen molar-refractivity contribution in [2.75, 3.05) is 0 Å². The van der Waals surface area contributed by atoms with Crippen LogP contribution in [0.25, 0.3) is 88.2 Å². The second kappa shape index (κ2) is 11.8. The molecule has 0 atom stereocenters. The molecule has 0 saturated carbocycles. The van der Waals surface area contributed by atoms with Gasteiger partial charge >= 0.3 is 0 Å². The summed E-state index contributed by atoms with van der Waals surface area (Å²) in [6.45, 7) is 0. The lowest BCUT2D eigenvalue weighted by molar-refractivity contribution is 1.32. The van der Waals surface area contributed by atoms with Gasteiger partial charge in [-0.15, -0.1) is 0 Å². The van der Waals surface area contributed by atoms with Crippen LogP contribution in [0.3, 0.4) is 0 Å². The molecular formula is C47H31N. The predicted octanol–water partition coefficient (Wildman–Crippen LogP) is 12.9. The Labute approximate surface area is 280 Å². The summed E-state index contributed by atoms with van der Waals surface area (Å²) in [6.07, 6.45) is 0. The van der Waals surface area contributed by atoms with Gasteiger partial charge in [-0.2, -0.15) is 0 Å². The first-order valence-electron chi connectivity index (χ1n) is 16.5. The number of nitrogens with zero attached hydrogens (tertiary/aromatic N) is 1. The molecule has 0 amide bonds. The second-order valence-corrected chi connectivity index (χ2v) is 12.4. The van der Waals surface area contributed by atoms with Crippen molar-refractivity contribution < 1.29 is 0 Å². The van der Waals surface area contributed by atoms with Crippen LogP contribution in [0.5, 0.6) is 0 Å². The highest BCUT2D eigenvalue weighted by molar-refractivity contribution is 6.10. The minimum atomic E-state index is 0.974. The summed E-state index contributed by atoms with van der Waals surface area (Å²) in [4.78, 5) is 5.08. The number of benzene rings is 8. The molecular weight excluding hydrogens is 579 g/mol. The maximum atomic E-state index is 5.08. The van der Waals surface area contributed by atoms with E-state index in [1.165, 1.54) is 60.1 Å². The Bertz CT molecular complexity index is 2530. The van der Waals surface area contributed by atoms with Crippen molar-refractivity contribution in [3.05, 3.63) is 188 Å². The van der Waals surface area contributed by atoms with Gasteiger partial charge in [0.1, 0.15) is 0 Å². The fraction of sp³-hybridized carbons (Fsp3) is 0. The van der Waals surface area contributed by atoms with Gasteiger partial charge in [0.05, 0.1) is 11.4 Å². The lowest BCUT2D eigenvalue weighted by atomic mass is 9.89. The molecule has 1 nitrogen and oxygen atoms in total. The van der Waals surface area contributed by atoms with Gasteiger partial charge in [0.2, 0.25) is 0 Å². The largest absolute Gasteiger partial charge is 0.248 e. The third-order valence-corrected chi connectivity index (χ3v) is 9.42. The summed E-state index contributed by atoms with van der Waals surface area (Å²) in [6, 6.07) is 67.6. The molecule has 0 aliphatic heterocycles. The predicted molar refractivity (Wildman–Crippen MR) is 204 cm³/mol. The number of hydrogen-bond acceptors (Lipinski definition) is 1. The highest BCUT2D eigenvalue weighted by Gasteiger charge is 2.13. The van der Waals surface area contributed by atoms with E-state index in [1.807, 2.05) is 12.1 Å². The molecule has 0 fully saturated rings. The third-order valence-electron chi connectivity index (χ3n) is 9.42. The maximum absolute atomic E-state index is 5.08. The molecule has 0 aliphatic rings. The van der Waals surface area contributed by atoms with Gasteiger partial charge in [0.25, 0.3) is 0 Å². The van der Waals surface area contributed by atoms with E-state index in [9.17, 15) is 0 Å². The lowest BCUT2D eigenvalue weighted by Crippen LogP contribution is -1.91. The maximum Gasteiger partial charge on any atom is 0.0715 e. The summed E-state index contributed by atoms with van der Waals surface area (Å²) < 4.78 is 0. The molecule has 0 aliphatic carbocycles. The van der Waals surface area contributed by atoms with Crippen LogP contribution in [-0.4, -0.2) is 4.98 Å². The van der Waals surface area contributed by atoms with Crippen molar-refractivity contribution in [1.82, 2.24) is 4.98 Å². The van der Waals surface area contributed by atoms with Crippen molar-refractivity contribution in [3.8, 4) is 55.9 Å².